The number of carbonyl (C=O) groups is 1. The number of halogens is 1. The topological polar surface area (TPSA) is 20.3 Å². The Morgan fingerprint density at radius 3 is 2.30 bits per heavy atom. The Labute approximate surface area is 128 Å². The number of hydrogen-bond acceptors (Lipinski definition) is 1. The normalized spacial score (nSPS) is 10.4. The van der Waals surface area contributed by atoms with Gasteiger partial charge >= 0.3 is 0 Å². The molecule has 0 spiro atoms. The maximum atomic E-state index is 12.5. The van der Waals surface area contributed by atoms with Crippen molar-refractivity contribution >= 4 is 21.8 Å². The molecule has 0 saturated carbocycles. The summed E-state index contributed by atoms with van der Waals surface area (Å²) < 4.78 is 1.03. The number of aryl methyl sites for hydroxylation is 2. The van der Waals surface area contributed by atoms with Crippen molar-refractivity contribution in [2.75, 3.05) is 7.05 Å². The van der Waals surface area contributed by atoms with E-state index in [0.717, 1.165) is 26.7 Å². The van der Waals surface area contributed by atoms with Gasteiger partial charge in [-0.2, -0.15) is 0 Å². The standard InChI is InChI=1S/C17H18BrNO/c1-12-8-13(2)10-15(9-12)17(20)19(3)11-14-6-4-5-7-16(14)18/h4-10H,11H2,1-3H3. The van der Waals surface area contributed by atoms with E-state index in [2.05, 4.69) is 22.0 Å². The molecule has 2 aromatic carbocycles. The van der Waals surface area contributed by atoms with Gasteiger partial charge in [-0.3, -0.25) is 4.79 Å². The molecule has 104 valence electrons. The lowest BCUT2D eigenvalue weighted by Gasteiger charge is -2.18. The van der Waals surface area contributed by atoms with Crippen LogP contribution in [-0.2, 0) is 6.54 Å². The van der Waals surface area contributed by atoms with Gasteiger partial charge < -0.3 is 4.90 Å². The van der Waals surface area contributed by atoms with E-state index < -0.39 is 0 Å². The summed E-state index contributed by atoms with van der Waals surface area (Å²) in [5, 5.41) is 0. The van der Waals surface area contributed by atoms with Gasteiger partial charge in [0.1, 0.15) is 0 Å². The molecule has 2 rings (SSSR count). The van der Waals surface area contributed by atoms with Crippen LogP contribution in [0.1, 0.15) is 27.0 Å². The highest BCUT2D eigenvalue weighted by atomic mass is 79.9. The van der Waals surface area contributed by atoms with Gasteiger partial charge in [-0.05, 0) is 37.6 Å². The molecular formula is C17H18BrNO. The van der Waals surface area contributed by atoms with E-state index >= 15 is 0 Å². The predicted molar refractivity (Wildman–Crippen MR) is 85.9 cm³/mol. The van der Waals surface area contributed by atoms with Crippen LogP contribution in [0.2, 0.25) is 0 Å². The summed E-state index contributed by atoms with van der Waals surface area (Å²) in [5.41, 5.74) is 4.08. The van der Waals surface area contributed by atoms with Crippen LogP contribution < -0.4 is 0 Å². The quantitative estimate of drug-likeness (QED) is 0.819. The number of rotatable bonds is 3. The van der Waals surface area contributed by atoms with Crippen LogP contribution in [-0.4, -0.2) is 17.9 Å². The van der Waals surface area contributed by atoms with E-state index in [1.807, 2.05) is 57.3 Å². The predicted octanol–water partition coefficient (Wildman–Crippen LogP) is 4.34. The zero-order chi connectivity index (χ0) is 14.7. The minimum atomic E-state index is 0.0487. The van der Waals surface area contributed by atoms with E-state index in [1.165, 1.54) is 0 Å². The van der Waals surface area contributed by atoms with Gasteiger partial charge in [-0.25, -0.2) is 0 Å². The van der Waals surface area contributed by atoms with Crippen LogP contribution in [0.5, 0.6) is 0 Å². The largest absolute Gasteiger partial charge is 0.337 e. The van der Waals surface area contributed by atoms with Gasteiger partial charge in [0.15, 0.2) is 0 Å². The third kappa shape index (κ3) is 3.48. The molecule has 0 saturated heterocycles. The summed E-state index contributed by atoms with van der Waals surface area (Å²) in [6.45, 7) is 4.61. The molecule has 1 amide bonds. The molecule has 0 heterocycles. The van der Waals surface area contributed by atoms with Crippen molar-refractivity contribution in [3.05, 3.63) is 69.2 Å². The first-order valence-corrected chi connectivity index (χ1v) is 7.34. The Morgan fingerprint density at radius 1 is 1.10 bits per heavy atom. The maximum absolute atomic E-state index is 12.5. The van der Waals surface area contributed by atoms with Gasteiger partial charge in [0.05, 0.1) is 0 Å². The molecule has 2 aromatic rings. The first kappa shape index (κ1) is 14.8. The van der Waals surface area contributed by atoms with Crippen LogP contribution in [0.15, 0.2) is 46.9 Å². The summed E-state index contributed by atoms with van der Waals surface area (Å²) in [6.07, 6.45) is 0. The number of nitrogens with zero attached hydrogens (tertiary/aromatic N) is 1. The Balaban J connectivity index is 2.18. The number of carbonyl (C=O) groups excluding carboxylic acids is 1. The molecule has 0 bridgehead atoms. The highest BCUT2D eigenvalue weighted by molar-refractivity contribution is 9.10. The molecule has 0 atom stereocenters. The lowest BCUT2D eigenvalue weighted by Crippen LogP contribution is -2.26. The zero-order valence-electron chi connectivity index (χ0n) is 12.0. The van der Waals surface area contributed by atoms with Gasteiger partial charge in [0.25, 0.3) is 5.91 Å². The summed E-state index contributed by atoms with van der Waals surface area (Å²) in [6, 6.07) is 13.9. The minimum absolute atomic E-state index is 0.0487. The molecule has 0 aliphatic rings. The Bertz CT molecular complexity index is 616. The first-order valence-electron chi connectivity index (χ1n) is 6.54. The second kappa shape index (κ2) is 6.23. The van der Waals surface area contributed by atoms with Crippen molar-refractivity contribution in [2.45, 2.75) is 20.4 Å². The SMILES string of the molecule is Cc1cc(C)cc(C(=O)N(C)Cc2ccccc2Br)c1. The monoisotopic (exact) mass is 331 g/mol. The fourth-order valence-corrected chi connectivity index (χ4v) is 2.68. The summed E-state index contributed by atoms with van der Waals surface area (Å²) >= 11 is 3.52. The van der Waals surface area contributed by atoms with Gasteiger partial charge in [0, 0.05) is 23.6 Å². The molecule has 0 radical (unpaired) electrons. The van der Waals surface area contributed by atoms with E-state index in [-0.39, 0.29) is 5.91 Å². The zero-order valence-corrected chi connectivity index (χ0v) is 13.6. The van der Waals surface area contributed by atoms with Gasteiger partial charge in [0.2, 0.25) is 0 Å². The third-order valence-corrected chi connectivity index (χ3v) is 3.95. The molecular weight excluding hydrogens is 314 g/mol. The fraction of sp³-hybridized carbons (Fsp3) is 0.235. The van der Waals surface area contributed by atoms with Crippen LogP contribution in [0.4, 0.5) is 0 Å². The van der Waals surface area contributed by atoms with Crippen molar-refractivity contribution in [3.63, 3.8) is 0 Å². The number of hydrogen-bond donors (Lipinski definition) is 0. The van der Waals surface area contributed by atoms with Gasteiger partial charge in [-0.1, -0.05) is 51.3 Å². The van der Waals surface area contributed by atoms with E-state index in [0.29, 0.717) is 6.54 Å². The first-order chi connectivity index (χ1) is 9.47. The molecule has 0 aliphatic heterocycles. The van der Waals surface area contributed by atoms with Crippen LogP contribution in [0.25, 0.3) is 0 Å². The summed E-state index contributed by atoms with van der Waals surface area (Å²) in [5.74, 6) is 0.0487. The van der Waals surface area contributed by atoms with E-state index in [4.69, 9.17) is 0 Å². The second-order valence-corrected chi connectivity index (χ2v) is 5.98. The lowest BCUT2D eigenvalue weighted by atomic mass is 10.1. The van der Waals surface area contributed by atoms with E-state index in [1.54, 1.807) is 4.90 Å². The highest BCUT2D eigenvalue weighted by Gasteiger charge is 2.13. The molecule has 0 fully saturated rings. The van der Waals surface area contributed by atoms with E-state index in [9.17, 15) is 4.79 Å². The van der Waals surface area contributed by atoms with Crippen LogP contribution >= 0.6 is 15.9 Å². The summed E-state index contributed by atoms with van der Waals surface area (Å²) in [7, 11) is 1.83. The number of benzene rings is 2. The molecule has 20 heavy (non-hydrogen) atoms. The van der Waals surface area contributed by atoms with Crippen molar-refractivity contribution < 1.29 is 4.79 Å². The highest BCUT2D eigenvalue weighted by Crippen LogP contribution is 2.18. The molecule has 0 N–H and O–H groups in total. The smallest absolute Gasteiger partial charge is 0.253 e. The van der Waals surface area contributed by atoms with Crippen molar-refractivity contribution in [1.82, 2.24) is 4.90 Å². The Kier molecular flexibility index (Phi) is 4.61. The molecule has 0 aliphatic carbocycles. The summed E-state index contributed by atoms with van der Waals surface area (Å²) in [4.78, 5) is 14.2. The van der Waals surface area contributed by atoms with Crippen LogP contribution in [0, 0.1) is 13.8 Å². The molecule has 0 aromatic heterocycles. The minimum Gasteiger partial charge on any atom is -0.337 e. The maximum Gasteiger partial charge on any atom is 0.253 e. The van der Waals surface area contributed by atoms with Gasteiger partial charge in [-0.15, -0.1) is 0 Å². The van der Waals surface area contributed by atoms with Crippen LogP contribution in [0.3, 0.4) is 0 Å². The average molecular weight is 332 g/mol. The Morgan fingerprint density at radius 2 is 1.70 bits per heavy atom. The molecule has 2 nitrogen and oxygen atoms in total. The molecule has 0 unspecified atom stereocenters. The van der Waals surface area contributed by atoms with Crippen molar-refractivity contribution in [1.29, 1.82) is 0 Å². The van der Waals surface area contributed by atoms with Crippen molar-refractivity contribution in [2.24, 2.45) is 0 Å². The lowest BCUT2D eigenvalue weighted by molar-refractivity contribution is 0.0784. The number of amides is 1. The molecule has 3 heteroatoms. The second-order valence-electron chi connectivity index (χ2n) is 5.13. The van der Waals surface area contributed by atoms with Crippen molar-refractivity contribution in [3.8, 4) is 0 Å². The third-order valence-electron chi connectivity index (χ3n) is 3.18. The fourth-order valence-electron chi connectivity index (χ4n) is 2.27. The Hall–Kier alpha value is -1.61. The average Bonchev–Trinajstić information content (AvgIpc) is 2.39.